The van der Waals surface area contributed by atoms with Gasteiger partial charge in [-0.25, -0.2) is 9.78 Å². The first-order chi connectivity index (χ1) is 17.6. The molecule has 0 saturated carbocycles. The minimum Gasteiger partial charge on any atom is -0.497 e. The molecule has 1 heterocycles. The second kappa shape index (κ2) is 10.1. The first kappa shape index (κ1) is 22.9. The number of hydrogen-bond acceptors (Lipinski definition) is 5. The van der Waals surface area contributed by atoms with Crippen LogP contribution in [0.2, 0.25) is 0 Å². The zero-order valence-electron chi connectivity index (χ0n) is 19.5. The maximum Gasteiger partial charge on any atom is 0.338 e. The summed E-state index contributed by atoms with van der Waals surface area (Å²) in [7, 11) is 1.62. The molecule has 1 N–H and O–H groups in total. The Kier molecular flexibility index (Phi) is 6.44. The number of carbonyl (C=O) groups excluding carboxylic acids is 2. The lowest BCUT2D eigenvalue weighted by Gasteiger charge is -2.22. The van der Waals surface area contributed by atoms with Crippen molar-refractivity contribution in [3.63, 3.8) is 0 Å². The highest BCUT2D eigenvalue weighted by molar-refractivity contribution is 6.03. The third-order valence-corrected chi connectivity index (χ3v) is 5.69. The van der Waals surface area contributed by atoms with E-state index in [4.69, 9.17) is 9.47 Å². The van der Waals surface area contributed by atoms with E-state index < -0.39 is 12.6 Å². The molecule has 4 aromatic carbocycles. The van der Waals surface area contributed by atoms with Gasteiger partial charge < -0.3 is 14.5 Å². The Labute approximate surface area is 207 Å². The van der Waals surface area contributed by atoms with E-state index in [0.29, 0.717) is 33.8 Å². The lowest BCUT2D eigenvalue weighted by Crippen LogP contribution is -2.30. The van der Waals surface area contributed by atoms with Crippen LogP contribution in [0.1, 0.15) is 10.4 Å². The highest BCUT2D eigenvalue weighted by Crippen LogP contribution is 2.26. The van der Waals surface area contributed by atoms with Gasteiger partial charge in [-0.2, -0.15) is 0 Å². The summed E-state index contributed by atoms with van der Waals surface area (Å²) in [6.45, 7) is -0.402. The zero-order chi connectivity index (χ0) is 24.9. The first-order valence-electron chi connectivity index (χ1n) is 11.4. The largest absolute Gasteiger partial charge is 0.497 e. The normalized spacial score (nSPS) is 10.7. The van der Waals surface area contributed by atoms with Gasteiger partial charge in [-0.1, -0.05) is 36.4 Å². The highest BCUT2D eigenvalue weighted by atomic mass is 16.5. The molecule has 7 nitrogen and oxygen atoms in total. The summed E-state index contributed by atoms with van der Waals surface area (Å²) < 4.78 is 10.6. The Balaban J connectivity index is 1.32. The van der Waals surface area contributed by atoms with Crippen molar-refractivity contribution >= 4 is 34.3 Å². The first-order valence-corrected chi connectivity index (χ1v) is 11.4. The summed E-state index contributed by atoms with van der Waals surface area (Å²) in [5, 5.41) is 0. The number of ether oxygens (including phenoxy) is 2. The summed E-state index contributed by atoms with van der Waals surface area (Å²) in [6, 6.07) is 31.1. The van der Waals surface area contributed by atoms with E-state index in [2.05, 4.69) is 9.97 Å². The highest BCUT2D eigenvalue weighted by Gasteiger charge is 2.20. The lowest BCUT2D eigenvalue weighted by atomic mass is 10.2. The monoisotopic (exact) mass is 477 g/mol. The summed E-state index contributed by atoms with van der Waals surface area (Å²) >= 11 is 0. The minimum absolute atomic E-state index is 0.325. The SMILES string of the molecule is COc1ccc(-c2nc3ccc(C(=O)OCC(=O)N(c4ccccc4)c4ccccc4)cc3[nH]2)cc1. The zero-order valence-corrected chi connectivity index (χ0v) is 19.5. The fraction of sp³-hybridized carbons (Fsp3) is 0.0690. The Bertz CT molecular complexity index is 1460. The fourth-order valence-corrected chi connectivity index (χ4v) is 3.89. The number of methoxy groups -OCH3 is 1. The van der Waals surface area contributed by atoms with E-state index in [1.54, 1.807) is 25.3 Å². The summed E-state index contributed by atoms with van der Waals surface area (Å²) in [6.07, 6.45) is 0. The van der Waals surface area contributed by atoms with Crippen LogP contribution in [-0.4, -0.2) is 35.6 Å². The predicted molar refractivity (Wildman–Crippen MR) is 138 cm³/mol. The molecule has 178 valence electrons. The number of rotatable bonds is 7. The van der Waals surface area contributed by atoms with Crippen molar-refractivity contribution in [2.45, 2.75) is 0 Å². The maximum atomic E-state index is 13.1. The molecule has 5 aromatic rings. The van der Waals surface area contributed by atoms with E-state index in [9.17, 15) is 9.59 Å². The molecule has 0 bridgehead atoms. The van der Waals surface area contributed by atoms with Crippen LogP contribution in [0, 0.1) is 0 Å². The number of benzene rings is 4. The van der Waals surface area contributed by atoms with E-state index in [1.165, 1.54) is 4.90 Å². The summed E-state index contributed by atoms with van der Waals surface area (Å²) in [5.74, 6) is 0.485. The number of aromatic nitrogens is 2. The molecule has 0 atom stereocenters. The van der Waals surface area contributed by atoms with Crippen molar-refractivity contribution in [1.29, 1.82) is 0 Å². The van der Waals surface area contributed by atoms with Gasteiger partial charge in [-0.05, 0) is 66.7 Å². The lowest BCUT2D eigenvalue weighted by molar-refractivity contribution is -0.120. The molecule has 0 saturated heterocycles. The van der Waals surface area contributed by atoms with Crippen LogP contribution in [0.15, 0.2) is 103 Å². The van der Waals surface area contributed by atoms with E-state index in [-0.39, 0.29) is 5.91 Å². The number of esters is 1. The Morgan fingerprint density at radius 1 is 0.833 bits per heavy atom. The van der Waals surface area contributed by atoms with Gasteiger partial charge in [-0.3, -0.25) is 9.69 Å². The number of nitrogens with zero attached hydrogens (tertiary/aromatic N) is 2. The molecular weight excluding hydrogens is 454 g/mol. The number of H-pyrrole nitrogens is 1. The molecule has 0 spiro atoms. The molecule has 0 aliphatic rings. The predicted octanol–water partition coefficient (Wildman–Crippen LogP) is 5.76. The second-order valence-corrected chi connectivity index (χ2v) is 8.02. The third kappa shape index (κ3) is 4.81. The van der Waals surface area contributed by atoms with Crippen LogP contribution in [0.4, 0.5) is 11.4 Å². The minimum atomic E-state index is -0.591. The van der Waals surface area contributed by atoms with Gasteiger partial charge in [0.05, 0.1) is 23.7 Å². The smallest absolute Gasteiger partial charge is 0.338 e. The maximum absolute atomic E-state index is 13.1. The number of hydrogen-bond donors (Lipinski definition) is 1. The average molecular weight is 478 g/mol. The number of carbonyl (C=O) groups is 2. The Hall–Kier alpha value is -4.91. The van der Waals surface area contributed by atoms with Crippen LogP contribution in [0.3, 0.4) is 0 Å². The summed E-state index contributed by atoms with van der Waals surface area (Å²) in [4.78, 5) is 35.3. The molecule has 0 fully saturated rings. The van der Waals surface area contributed by atoms with Crippen molar-refractivity contribution < 1.29 is 19.1 Å². The number of imidazole rings is 1. The molecule has 5 rings (SSSR count). The van der Waals surface area contributed by atoms with Crippen LogP contribution in [0.5, 0.6) is 5.75 Å². The van der Waals surface area contributed by atoms with Crippen molar-refractivity contribution in [2.24, 2.45) is 0 Å². The molecule has 0 radical (unpaired) electrons. The molecule has 1 aromatic heterocycles. The third-order valence-electron chi connectivity index (χ3n) is 5.69. The Morgan fingerprint density at radius 3 is 2.08 bits per heavy atom. The number of fused-ring (bicyclic) bond motifs is 1. The summed E-state index contributed by atoms with van der Waals surface area (Å²) in [5.41, 5.74) is 4.00. The van der Waals surface area contributed by atoms with Gasteiger partial charge in [0, 0.05) is 16.9 Å². The van der Waals surface area contributed by atoms with E-state index in [1.807, 2.05) is 84.9 Å². The van der Waals surface area contributed by atoms with Gasteiger partial charge >= 0.3 is 5.97 Å². The molecule has 0 aliphatic carbocycles. The second-order valence-electron chi connectivity index (χ2n) is 8.02. The van der Waals surface area contributed by atoms with Crippen molar-refractivity contribution in [2.75, 3.05) is 18.6 Å². The van der Waals surface area contributed by atoms with E-state index in [0.717, 1.165) is 11.3 Å². The Morgan fingerprint density at radius 2 is 1.47 bits per heavy atom. The van der Waals surface area contributed by atoms with Gasteiger partial charge in [0.15, 0.2) is 6.61 Å². The van der Waals surface area contributed by atoms with Gasteiger partial charge in [0.1, 0.15) is 11.6 Å². The number of anilines is 2. The van der Waals surface area contributed by atoms with Crippen LogP contribution < -0.4 is 9.64 Å². The fourth-order valence-electron chi connectivity index (χ4n) is 3.89. The van der Waals surface area contributed by atoms with Gasteiger partial charge in [0.25, 0.3) is 5.91 Å². The average Bonchev–Trinajstić information content (AvgIpc) is 3.37. The van der Waals surface area contributed by atoms with Crippen LogP contribution in [0.25, 0.3) is 22.4 Å². The topological polar surface area (TPSA) is 84.5 Å². The van der Waals surface area contributed by atoms with Gasteiger partial charge in [0.2, 0.25) is 0 Å². The molecule has 7 heteroatoms. The van der Waals surface area contributed by atoms with Crippen LogP contribution in [-0.2, 0) is 9.53 Å². The van der Waals surface area contributed by atoms with Crippen molar-refractivity contribution in [1.82, 2.24) is 9.97 Å². The van der Waals surface area contributed by atoms with Crippen molar-refractivity contribution in [3.8, 4) is 17.1 Å². The number of aromatic amines is 1. The number of para-hydroxylation sites is 2. The number of nitrogens with one attached hydrogen (secondary N) is 1. The van der Waals surface area contributed by atoms with Crippen molar-refractivity contribution in [3.05, 3.63) is 109 Å². The quantitative estimate of drug-likeness (QED) is 0.301. The van der Waals surface area contributed by atoms with E-state index >= 15 is 0 Å². The van der Waals surface area contributed by atoms with Crippen LogP contribution >= 0.6 is 0 Å². The standard InChI is InChI=1S/C29H23N3O4/c1-35-24-15-12-20(13-16-24)28-30-25-17-14-21(18-26(25)31-28)29(34)36-19-27(33)32(22-8-4-2-5-9-22)23-10-6-3-7-11-23/h2-18H,19H2,1H3,(H,30,31). The number of amides is 1. The molecule has 0 unspecified atom stereocenters. The van der Waals surface area contributed by atoms with Gasteiger partial charge in [-0.15, -0.1) is 0 Å². The molecule has 36 heavy (non-hydrogen) atoms. The molecular formula is C29H23N3O4. The molecule has 0 aliphatic heterocycles. The molecule has 1 amide bonds.